The summed E-state index contributed by atoms with van der Waals surface area (Å²) in [5, 5.41) is 0.229. The Morgan fingerprint density at radius 2 is 1.85 bits per heavy atom. The van der Waals surface area contributed by atoms with Crippen LogP contribution in [0.25, 0.3) is 0 Å². The van der Waals surface area contributed by atoms with Crippen molar-refractivity contribution in [3.05, 3.63) is 70.0 Å². The van der Waals surface area contributed by atoms with Gasteiger partial charge in [-0.25, -0.2) is 13.2 Å². The van der Waals surface area contributed by atoms with Crippen LogP contribution >= 0.6 is 11.6 Å². The number of benzene rings is 2. The van der Waals surface area contributed by atoms with Crippen LogP contribution in [0.5, 0.6) is 0 Å². The Labute approximate surface area is 119 Å². The molecule has 2 aromatic rings. The zero-order valence-electron chi connectivity index (χ0n) is 10.3. The summed E-state index contributed by atoms with van der Waals surface area (Å²) in [6.45, 7) is 0. The Morgan fingerprint density at radius 3 is 2.45 bits per heavy atom. The van der Waals surface area contributed by atoms with Crippen LogP contribution in [0.4, 0.5) is 13.2 Å². The predicted octanol–water partition coefficient (Wildman–Crippen LogP) is 3.50. The van der Waals surface area contributed by atoms with Gasteiger partial charge in [-0.1, -0.05) is 23.7 Å². The lowest BCUT2D eigenvalue weighted by molar-refractivity contribution is 0.492. The molecule has 0 aliphatic heterocycles. The number of hydrogen-bond donors (Lipinski definition) is 2. The number of rotatable bonds is 4. The van der Waals surface area contributed by atoms with Crippen LogP contribution in [0.3, 0.4) is 0 Å². The second-order valence-electron chi connectivity index (χ2n) is 4.29. The smallest absolute Gasteiger partial charge is 0.130 e. The number of nitrogens with one attached hydrogen (secondary N) is 1. The zero-order valence-corrected chi connectivity index (χ0v) is 11.1. The lowest BCUT2D eigenvalue weighted by Crippen LogP contribution is -2.30. The molecule has 2 nitrogen and oxygen atoms in total. The molecule has 0 saturated heterocycles. The summed E-state index contributed by atoms with van der Waals surface area (Å²) in [7, 11) is 0. The molecule has 0 amide bonds. The fourth-order valence-electron chi connectivity index (χ4n) is 1.97. The molecule has 2 rings (SSSR count). The van der Waals surface area contributed by atoms with E-state index in [-0.39, 0.29) is 22.6 Å². The minimum absolute atomic E-state index is 0.0462. The third-order valence-electron chi connectivity index (χ3n) is 3.01. The molecule has 0 bridgehead atoms. The second kappa shape index (κ2) is 6.26. The fraction of sp³-hybridized carbons (Fsp3) is 0.143. The van der Waals surface area contributed by atoms with E-state index in [4.69, 9.17) is 17.4 Å². The largest absolute Gasteiger partial charge is 0.271 e. The van der Waals surface area contributed by atoms with E-state index in [2.05, 4.69) is 5.43 Å². The molecular weight excluding hydrogens is 289 g/mol. The third-order valence-corrected chi connectivity index (χ3v) is 3.36. The molecule has 3 N–H and O–H groups in total. The van der Waals surface area contributed by atoms with Crippen molar-refractivity contribution in [2.24, 2.45) is 5.84 Å². The molecule has 0 heterocycles. The molecule has 0 fully saturated rings. The van der Waals surface area contributed by atoms with E-state index in [9.17, 15) is 13.2 Å². The SMILES string of the molecule is NNC(Cc1c(F)cccc1Cl)c1ccc(F)cc1F. The summed E-state index contributed by atoms with van der Waals surface area (Å²) < 4.78 is 40.3. The molecule has 0 aliphatic rings. The van der Waals surface area contributed by atoms with Crippen molar-refractivity contribution in [2.45, 2.75) is 12.5 Å². The maximum Gasteiger partial charge on any atom is 0.130 e. The van der Waals surface area contributed by atoms with Gasteiger partial charge in [0.05, 0.1) is 6.04 Å². The highest BCUT2D eigenvalue weighted by Gasteiger charge is 2.19. The summed E-state index contributed by atoms with van der Waals surface area (Å²) in [5.41, 5.74) is 2.76. The van der Waals surface area contributed by atoms with E-state index >= 15 is 0 Å². The van der Waals surface area contributed by atoms with Gasteiger partial charge in [0.15, 0.2) is 0 Å². The summed E-state index contributed by atoms with van der Waals surface area (Å²) >= 11 is 5.92. The van der Waals surface area contributed by atoms with E-state index in [0.29, 0.717) is 0 Å². The summed E-state index contributed by atoms with van der Waals surface area (Å²) in [6, 6.07) is 6.69. The Balaban J connectivity index is 2.34. The molecule has 20 heavy (non-hydrogen) atoms. The molecule has 0 aromatic heterocycles. The Morgan fingerprint density at radius 1 is 1.10 bits per heavy atom. The monoisotopic (exact) mass is 300 g/mol. The van der Waals surface area contributed by atoms with Gasteiger partial charge >= 0.3 is 0 Å². The van der Waals surface area contributed by atoms with Crippen molar-refractivity contribution in [1.82, 2.24) is 5.43 Å². The molecule has 1 atom stereocenters. The normalized spacial score (nSPS) is 12.4. The molecule has 2 aromatic carbocycles. The van der Waals surface area contributed by atoms with Crippen LogP contribution in [-0.2, 0) is 6.42 Å². The van der Waals surface area contributed by atoms with Crippen molar-refractivity contribution >= 4 is 11.6 Å². The van der Waals surface area contributed by atoms with Crippen molar-refractivity contribution in [3.63, 3.8) is 0 Å². The standard InChI is InChI=1S/C14H12ClF3N2/c15-11-2-1-3-12(17)10(11)7-14(20-19)9-5-4-8(16)6-13(9)18/h1-6,14,20H,7,19H2. The summed E-state index contributed by atoms with van der Waals surface area (Å²) in [6.07, 6.45) is 0.0462. The average Bonchev–Trinajstić information content (AvgIpc) is 2.40. The molecule has 6 heteroatoms. The van der Waals surface area contributed by atoms with Crippen molar-refractivity contribution in [1.29, 1.82) is 0 Å². The minimum atomic E-state index is -0.750. The second-order valence-corrected chi connectivity index (χ2v) is 4.70. The van der Waals surface area contributed by atoms with Gasteiger partial charge in [0.25, 0.3) is 0 Å². The average molecular weight is 301 g/mol. The van der Waals surface area contributed by atoms with Gasteiger partial charge in [0, 0.05) is 22.2 Å². The zero-order chi connectivity index (χ0) is 14.7. The van der Waals surface area contributed by atoms with Gasteiger partial charge in [0.2, 0.25) is 0 Å². The van der Waals surface area contributed by atoms with Gasteiger partial charge in [-0.3, -0.25) is 11.3 Å². The van der Waals surface area contributed by atoms with Gasteiger partial charge in [-0.05, 0) is 24.6 Å². The first-order valence-electron chi connectivity index (χ1n) is 5.87. The van der Waals surface area contributed by atoms with Crippen molar-refractivity contribution < 1.29 is 13.2 Å². The number of hydrazine groups is 1. The van der Waals surface area contributed by atoms with Gasteiger partial charge in [-0.2, -0.15) is 0 Å². The van der Waals surface area contributed by atoms with Crippen molar-refractivity contribution in [3.8, 4) is 0 Å². The van der Waals surface area contributed by atoms with Crippen LogP contribution in [0.2, 0.25) is 5.02 Å². The number of nitrogens with two attached hydrogens (primary N) is 1. The Bertz CT molecular complexity index is 599. The topological polar surface area (TPSA) is 38.0 Å². The summed E-state index contributed by atoms with van der Waals surface area (Å²) in [5.74, 6) is 3.45. The minimum Gasteiger partial charge on any atom is -0.271 e. The number of hydrogen-bond acceptors (Lipinski definition) is 2. The Hall–Kier alpha value is -1.56. The lowest BCUT2D eigenvalue weighted by Gasteiger charge is -2.18. The number of halogens is 4. The van der Waals surface area contributed by atoms with Crippen LogP contribution in [0, 0.1) is 17.5 Å². The molecule has 1 unspecified atom stereocenters. The first-order chi connectivity index (χ1) is 9.52. The van der Waals surface area contributed by atoms with Crippen LogP contribution in [-0.4, -0.2) is 0 Å². The first-order valence-corrected chi connectivity index (χ1v) is 6.24. The van der Waals surface area contributed by atoms with Gasteiger partial charge in [0.1, 0.15) is 17.5 Å². The summed E-state index contributed by atoms with van der Waals surface area (Å²) in [4.78, 5) is 0. The van der Waals surface area contributed by atoms with Gasteiger partial charge < -0.3 is 0 Å². The highest BCUT2D eigenvalue weighted by molar-refractivity contribution is 6.31. The van der Waals surface area contributed by atoms with E-state index in [1.165, 1.54) is 24.3 Å². The predicted molar refractivity (Wildman–Crippen MR) is 71.5 cm³/mol. The quantitative estimate of drug-likeness (QED) is 0.670. The van der Waals surface area contributed by atoms with Crippen LogP contribution < -0.4 is 11.3 Å². The molecule has 0 aliphatic carbocycles. The van der Waals surface area contributed by atoms with E-state index in [1.54, 1.807) is 0 Å². The maximum absolute atomic E-state index is 13.7. The highest BCUT2D eigenvalue weighted by atomic mass is 35.5. The third kappa shape index (κ3) is 3.12. The molecule has 0 spiro atoms. The maximum atomic E-state index is 13.7. The first kappa shape index (κ1) is 14.8. The molecule has 0 saturated carbocycles. The van der Waals surface area contributed by atoms with Crippen LogP contribution in [0.1, 0.15) is 17.2 Å². The molecular formula is C14H12ClF3N2. The fourth-order valence-corrected chi connectivity index (χ4v) is 2.21. The molecule has 106 valence electrons. The Kier molecular flexibility index (Phi) is 4.65. The van der Waals surface area contributed by atoms with Crippen LogP contribution in [0.15, 0.2) is 36.4 Å². The van der Waals surface area contributed by atoms with Crippen molar-refractivity contribution in [2.75, 3.05) is 0 Å². The van der Waals surface area contributed by atoms with Gasteiger partial charge in [-0.15, -0.1) is 0 Å². The van der Waals surface area contributed by atoms with E-state index < -0.39 is 23.5 Å². The lowest BCUT2D eigenvalue weighted by atomic mass is 9.98. The highest BCUT2D eigenvalue weighted by Crippen LogP contribution is 2.27. The van der Waals surface area contributed by atoms with E-state index in [1.807, 2.05) is 0 Å². The molecule has 0 radical (unpaired) electrons. The van der Waals surface area contributed by atoms with E-state index in [0.717, 1.165) is 12.1 Å².